The minimum Gasteiger partial charge on any atom is -0.491 e. The summed E-state index contributed by atoms with van der Waals surface area (Å²) in [5.41, 5.74) is 8.22. The second-order valence-electron chi connectivity index (χ2n) is 6.44. The normalized spacial score (nSPS) is 11.9. The summed E-state index contributed by atoms with van der Waals surface area (Å²) in [5, 5.41) is 2.99. The quantitative estimate of drug-likeness (QED) is 0.287. The van der Waals surface area contributed by atoms with E-state index in [2.05, 4.69) is 15.0 Å². The summed E-state index contributed by atoms with van der Waals surface area (Å²) in [6, 6.07) is 14.3. The summed E-state index contributed by atoms with van der Waals surface area (Å²) in [5.74, 6) is 1.03. The van der Waals surface area contributed by atoms with Crippen molar-refractivity contribution >= 4 is 35.6 Å². The highest BCUT2D eigenvalue weighted by Gasteiger charge is 2.27. The first-order chi connectivity index (χ1) is 13.2. The Balaban J connectivity index is 0.00000420. The van der Waals surface area contributed by atoms with Crippen LogP contribution >= 0.6 is 24.0 Å². The van der Waals surface area contributed by atoms with Crippen molar-refractivity contribution in [2.24, 2.45) is 10.7 Å². The molecule has 29 heavy (non-hydrogen) atoms. The van der Waals surface area contributed by atoms with Crippen LogP contribution in [0.2, 0.25) is 0 Å². The molecule has 0 aliphatic rings. The summed E-state index contributed by atoms with van der Waals surface area (Å²) < 4.78 is 46.4. The number of nitrogens with zero attached hydrogens (tertiary/aromatic N) is 1. The second kappa shape index (κ2) is 11.9. The third-order valence-electron chi connectivity index (χ3n) is 3.49. The molecule has 160 valence electrons. The Bertz CT molecular complexity index is 764. The van der Waals surface area contributed by atoms with E-state index in [1.165, 1.54) is 0 Å². The fourth-order valence-electron chi connectivity index (χ4n) is 2.28. The third kappa shape index (κ3) is 10.4. The van der Waals surface area contributed by atoms with Crippen LogP contribution in [0.4, 0.5) is 18.9 Å². The van der Waals surface area contributed by atoms with E-state index in [1.807, 2.05) is 38.1 Å². The van der Waals surface area contributed by atoms with Gasteiger partial charge >= 0.3 is 6.18 Å². The average Bonchev–Trinajstić information content (AvgIpc) is 2.61. The molecule has 2 aromatic rings. The zero-order chi connectivity index (χ0) is 20.6. The zero-order valence-electron chi connectivity index (χ0n) is 16.2. The van der Waals surface area contributed by atoms with E-state index in [0.29, 0.717) is 12.1 Å². The standard InChI is InChI=1S/C20H24F3N3O2.HI/c1-14(2)28-18-9-7-17(8-10-18)26-19(24)25-11-15-3-5-16(6-4-15)12-27-13-20(21,22)23;/h3-10,14H,11-13H2,1-2H3,(H3,24,25,26);1H. The van der Waals surface area contributed by atoms with Crippen LogP contribution in [0, 0.1) is 0 Å². The Labute approximate surface area is 185 Å². The molecule has 0 saturated carbocycles. The molecule has 0 fully saturated rings. The number of halogens is 4. The monoisotopic (exact) mass is 523 g/mol. The minimum absolute atomic E-state index is 0. The molecule has 0 spiro atoms. The number of nitrogens with one attached hydrogen (secondary N) is 1. The smallest absolute Gasteiger partial charge is 0.411 e. The number of ether oxygens (including phenoxy) is 2. The molecule has 0 radical (unpaired) electrons. The molecule has 0 amide bonds. The molecule has 0 atom stereocenters. The van der Waals surface area contributed by atoms with Gasteiger partial charge in [0, 0.05) is 5.69 Å². The van der Waals surface area contributed by atoms with E-state index in [-0.39, 0.29) is 42.6 Å². The van der Waals surface area contributed by atoms with Crippen molar-refractivity contribution in [1.29, 1.82) is 0 Å². The first kappa shape index (κ1) is 25.0. The lowest BCUT2D eigenvalue weighted by Crippen LogP contribution is -2.22. The van der Waals surface area contributed by atoms with Crippen LogP contribution < -0.4 is 15.8 Å². The largest absolute Gasteiger partial charge is 0.491 e. The highest BCUT2D eigenvalue weighted by molar-refractivity contribution is 14.0. The lowest BCUT2D eigenvalue weighted by Gasteiger charge is -2.11. The van der Waals surface area contributed by atoms with Gasteiger partial charge < -0.3 is 20.5 Å². The number of hydrogen-bond donors (Lipinski definition) is 2. The summed E-state index contributed by atoms with van der Waals surface area (Å²) in [6.07, 6.45) is -4.21. The van der Waals surface area contributed by atoms with Crippen molar-refractivity contribution in [2.75, 3.05) is 11.9 Å². The van der Waals surface area contributed by atoms with E-state index < -0.39 is 12.8 Å². The maximum Gasteiger partial charge on any atom is 0.411 e. The molecular weight excluding hydrogens is 498 g/mol. The Hall–Kier alpha value is -2.01. The first-order valence-corrected chi connectivity index (χ1v) is 8.77. The van der Waals surface area contributed by atoms with E-state index in [4.69, 9.17) is 10.5 Å². The number of hydrogen-bond acceptors (Lipinski definition) is 3. The van der Waals surface area contributed by atoms with E-state index in [0.717, 1.165) is 17.0 Å². The maximum atomic E-state index is 12.1. The summed E-state index contributed by atoms with van der Waals surface area (Å²) in [7, 11) is 0. The van der Waals surface area contributed by atoms with Gasteiger partial charge in [-0.25, -0.2) is 4.99 Å². The van der Waals surface area contributed by atoms with Crippen LogP contribution in [0.25, 0.3) is 0 Å². The van der Waals surface area contributed by atoms with E-state index in [1.54, 1.807) is 24.3 Å². The van der Waals surface area contributed by atoms with Crippen LogP contribution in [0.3, 0.4) is 0 Å². The zero-order valence-corrected chi connectivity index (χ0v) is 18.5. The first-order valence-electron chi connectivity index (χ1n) is 8.77. The topological polar surface area (TPSA) is 68.9 Å². The molecule has 0 aliphatic heterocycles. The number of anilines is 1. The predicted molar refractivity (Wildman–Crippen MR) is 119 cm³/mol. The van der Waals surface area contributed by atoms with Crippen LogP contribution in [0.1, 0.15) is 25.0 Å². The molecule has 0 saturated heterocycles. The minimum atomic E-state index is -4.32. The van der Waals surface area contributed by atoms with Gasteiger partial charge in [0.15, 0.2) is 5.96 Å². The van der Waals surface area contributed by atoms with Crippen molar-refractivity contribution < 1.29 is 22.6 Å². The highest BCUT2D eigenvalue weighted by Crippen LogP contribution is 2.17. The van der Waals surface area contributed by atoms with Gasteiger partial charge in [0.2, 0.25) is 0 Å². The van der Waals surface area contributed by atoms with Crippen LogP contribution in [-0.2, 0) is 17.9 Å². The van der Waals surface area contributed by atoms with Crippen molar-refractivity contribution in [2.45, 2.75) is 39.3 Å². The van der Waals surface area contributed by atoms with Crippen molar-refractivity contribution in [3.8, 4) is 5.75 Å². The van der Waals surface area contributed by atoms with Gasteiger partial charge in [-0.15, -0.1) is 24.0 Å². The molecule has 0 bridgehead atoms. The van der Waals surface area contributed by atoms with Crippen LogP contribution in [0.15, 0.2) is 53.5 Å². The van der Waals surface area contributed by atoms with Gasteiger partial charge in [0.25, 0.3) is 0 Å². The molecule has 0 aliphatic carbocycles. The Morgan fingerprint density at radius 1 is 1.03 bits per heavy atom. The van der Waals surface area contributed by atoms with Gasteiger partial charge in [-0.2, -0.15) is 13.2 Å². The fourth-order valence-corrected chi connectivity index (χ4v) is 2.28. The van der Waals surface area contributed by atoms with E-state index in [9.17, 15) is 13.2 Å². The van der Waals surface area contributed by atoms with Gasteiger partial charge in [0.1, 0.15) is 12.4 Å². The van der Waals surface area contributed by atoms with E-state index >= 15 is 0 Å². The molecular formula is C20H25F3IN3O2. The van der Waals surface area contributed by atoms with Gasteiger partial charge in [-0.1, -0.05) is 24.3 Å². The van der Waals surface area contributed by atoms with Gasteiger partial charge in [-0.3, -0.25) is 0 Å². The molecule has 5 nitrogen and oxygen atoms in total. The van der Waals surface area contributed by atoms with Crippen molar-refractivity contribution in [3.05, 3.63) is 59.7 Å². The molecule has 3 N–H and O–H groups in total. The predicted octanol–water partition coefficient (Wildman–Crippen LogP) is 5.10. The molecule has 2 aromatic carbocycles. The Morgan fingerprint density at radius 2 is 1.62 bits per heavy atom. The maximum absolute atomic E-state index is 12.1. The number of aliphatic imine (C=N–C) groups is 1. The number of nitrogens with two attached hydrogens (primary N) is 1. The fraction of sp³-hybridized carbons (Fsp3) is 0.350. The number of rotatable bonds is 8. The molecule has 0 heterocycles. The van der Waals surface area contributed by atoms with Crippen molar-refractivity contribution in [1.82, 2.24) is 0 Å². The number of benzene rings is 2. The number of guanidine groups is 1. The Kier molecular flexibility index (Phi) is 10.2. The molecule has 2 rings (SSSR count). The number of alkyl halides is 3. The average molecular weight is 523 g/mol. The SMILES string of the molecule is CC(C)Oc1ccc(NC(N)=NCc2ccc(COCC(F)(F)F)cc2)cc1.I. The third-order valence-corrected chi connectivity index (χ3v) is 3.49. The van der Waals surface area contributed by atoms with Gasteiger partial charge in [-0.05, 0) is 49.2 Å². The summed E-state index contributed by atoms with van der Waals surface area (Å²) >= 11 is 0. The molecule has 0 aromatic heterocycles. The molecule has 9 heteroatoms. The highest BCUT2D eigenvalue weighted by atomic mass is 127. The van der Waals surface area contributed by atoms with Crippen molar-refractivity contribution in [3.63, 3.8) is 0 Å². The summed E-state index contributed by atoms with van der Waals surface area (Å²) in [4.78, 5) is 4.26. The van der Waals surface area contributed by atoms with Crippen LogP contribution in [0.5, 0.6) is 5.75 Å². The second-order valence-corrected chi connectivity index (χ2v) is 6.44. The van der Waals surface area contributed by atoms with Gasteiger partial charge in [0.05, 0.1) is 19.3 Å². The summed E-state index contributed by atoms with van der Waals surface area (Å²) in [6.45, 7) is 2.91. The lowest BCUT2D eigenvalue weighted by molar-refractivity contribution is -0.176. The molecule has 0 unspecified atom stereocenters. The lowest BCUT2D eigenvalue weighted by atomic mass is 10.1. The Morgan fingerprint density at radius 3 is 2.17 bits per heavy atom. The van der Waals surface area contributed by atoms with Crippen LogP contribution in [-0.4, -0.2) is 24.8 Å².